The topological polar surface area (TPSA) is 29.5 Å². The van der Waals surface area contributed by atoms with Gasteiger partial charge < -0.3 is 9.53 Å². The van der Waals surface area contributed by atoms with Gasteiger partial charge in [0, 0.05) is 0 Å². The molecule has 0 atom stereocenters. The predicted molar refractivity (Wildman–Crippen MR) is 105 cm³/mol. The van der Waals surface area contributed by atoms with Crippen LogP contribution in [-0.4, -0.2) is 31.7 Å². The van der Waals surface area contributed by atoms with E-state index in [1.54, 1.807) is 0 Å². The monoisotopic (exact) mass is 350 g/mol. The molecule has 1 aliphatic heterocycles. The number of hydrogen-bond donors (Lipinski definition) is 1. The van der Waals surface area contributed by atoms with Crippen LogP contribution in [0.3, 0.4) is 0 Å². The molecule has 0 aromatic carbocycles. The quantitative estimate of drug-likeness (QED) is 0.439. The largest absolute Gasteiger partial charge is 0.408 e. The van der Waals surface area contributed by atoms with Crippen LogP contribution in [-0.2, 0) is 4.43 Å². The van der Waals surface area contributed by atoms with E-state index in [-0.39, 0.29) is 5.60 Å². The average molecular weight is 351 g/mol. The maximum absolute atomic E-state index is 9.44. The number of aliphatic hydroxyl groups is 1. The Balaban J connectivity index is 0.000000253. The zero-order valence-corrected chi connectivity index (χ0v) is 17.5. The second-order valence-corrected chi connectivity index (χ2v) is 23.3. The van der Waals surface area contributed by atoms with Gasteiger partial charge in [0.1, 0.15) is 5.60 Å². The Hall–Kier alpha value is -0.606. The fourth-order valence-electron chi connectivity index (χ4n) is 3.12. The molecule has 2 rings (SSSR count). The van der Waals surface area contributed by atoms with Crippen molar-refractivity contribution in [1.82, 2.24) is 0 Å². The predicted octanol–water partition coefficient (Wildman–Crippen LogP) is 4.82. The van der Waals surface area contributed by atoms with Crippen molar-refractivity contribution in [2.24, 2.45) is 0 Å². The second-order valence-electron chi connectivity index (χ2n) is 8.10. The Morgan fingerprint density at radius 1 is 1.04 bits per heavy atom. The summed E-state index contributed by atoms with van der Waals surface area (Å²) in [6, 6.07) is 1.34. The van der Waals surface area contributed by atoms with E-state index in [0.29, 0.717) is 0 Å². The minimum absolute atomic E-state index is 0.224. The fourth-order valence-corrected chi connectivity index (χ4v) is 9.82. The highest BCUT2D eigenvalue weighted by molar-refractivity contribution is 7.38. The normalized spacial score (nSPS) is 26.8. The van der Waals surface area contributed by atoms with Crippen molar-refractivity contribution in [3.05, 3.63) is 25.3 Å². The van der Waals surface area contributed by atoms with E-state index in [1.165, 1.54) is 12.5 Å². The molecule has 1 aliphatic carbocycles. The first-order chi connectivity index (χ1) is 10.6. The van der Waals surface area contributed by atoms with E-state index >= 15 is 0 Å². The Kier molecular flexibility index (Phi) is 6.68. The molecule has 130 valence electrons. The van der Waals surface area contributed by atoms with Crippen LogP contribution in [0.2, 0.25) is 32.2 Å². The third-order valence-corrected chi connectivity index (χ3v) is 22.3. The number of rotatable bonds is 2. The summed E-state index contributed by atoms with van der Waals surface area (Å²) in [5, 5.41) is 9.44. The summed E-state index contributed by atoms with van der Waals surface area (Å²) >= 11 is 0. The van der Waals surface area contributed by atoms with E-state index in [2.05, 4.69) is 45.3 Å². The van der Waals surface area contributed by atoms with E-state index in [1.807, 2.05) is 12.2 Å². The lowest BCUT2D eigenvalue weighted by Crippen LogP contribution is -2.64. The van der Waals surface area contributed by atoms with Crippen LogP contribution in [0.4, 0.5) is 0 Å². The summed E-state index contributed by atoms with van der Waals surface area (Å²) in [6.45, 7) is 17.4. The van der Waals surface area contributed by atoms with Crippen molar-refractivity contribution in [2.75, 3.05) is 0 Å². The molecule has 2 aliphatic rings. The summed E-state index contributed by atoms with van der Waals surface area (Å²) in [5.74, 6) is 2.44. The number of hydrogen-bond acceptors (Lipinski definition) is 2. The molecule has 2 fully saturated rings. The molecule has 0 aromatic heterocycles. The molecular formula is C19H34O2Si2. The molecule has 4 heteroatoms. The van der Waals surface area contributed by atoms with Crippen LogP contribution in [0.1, 0.15) is 38.5 Å². The lowest BCUT2D eigenvalue weighted by molar-refractivity contribution is 0.0612. The van der Waals surface area contributed by atoms with Crippen LogP contribution in [0, 0.1) is 12.3 Å². The molecular weight excluding hydrogens is 316 g/mol. The summed E-state index contributed by atoms with van der Waals surface area (Å²) in [5.41, 5.74) is -0.976. The Morgan fingerprint density at radius 2 is 1.57 bits per heavy atom. The second kappa shape index (κ2) is 7.52. The van der Waals surface area contributed by atoms with Gasteiger partial charge in [-0.2, -0.15) is 0 Å². The molecule has 0 radical (unpaired) electrons. The highest BCUT2D eigenvalue weighted by Crippen LogP contribution is 2.40. The Bertz CT molecular complexity index is 460. The van der Waals surface area contributed by atoms with Crippen molar-refractivity contribution in [2.45, 2.75) is 82.0 Å². The van der Waals surface area contributed by atoms with Gasteiger partial charge in [-0.1, -0.05) is 56.8 Å². The standard InChI is InChI=1S/C11H22OSi2.C8H12O/c1-7-11(8-2)9-10-13(3,4)14(5,6)12-11;1-2-8(9)6-4-3-5-7-8/h7-8H,1-2,9-10H2,3-6H3;1,9H,3-7H2. The third kappa shape index (κ3) is 4.93. The molecule has 23 heavy (non-hydrogen) atoms. The Labute approximate surface area is 145 Å². The molecule has 0 unspecified atom stereocenters. The average Bonchev–Trinajstić information content (AvgIpc) is 2.52. The Morgan fingerprint density at radius 3 is 1.91 bits per heavy atom. The van der Waals surface area contributed by atoms with Gasteiger partial charge >= 0.3 is 0 Å². The molecule has 2 nitrogen and oxygen atoms in total. The summed E-state index contributed by atoms with van der Waals surface area (Å²) in [4.78, 5) is 0. The first-order valence-electron chi connectivity index (χ1n) is 8.73. The molecule has 1 saturated heterocycles. The molecule has 0 spiro atoms. The highest BCUT2D eigenvalue weighted by Gasteiger charge is 2.51. The highest BCUT2D eigenvalue weighted by atomic mass is 29.3. The maximum atomic E-state index is 9.44. The summed E-state index contributed by atoms with van der Waals surface area (Å²) in [7, 11) is -2.62. The molecule has 1 saturated carbocycles. The van der Waals surface area contributed by atoms with Crippen LogP contribution in [0.15, 0.2) is 25.3 Å². The maximum Gasteiger partial charge on any atom is 0.175 e. The van der Waals surface area contributed by atoms with Gasteiger partial charge in [0.2, 0.25) is 0 Å². The van der Waals surface area contributed by atoms with Crippen LogP contribution in [0.25, 0.3) is 0 Å². The first-order valence-corrected chi connectivity index (χ1v) is 15.8. The molecule has 1 N–H and O–H groups in total. The fraction of sp³-hybridized carbons (Fsp3) is 0.684. The van der Waals surface area contributed by atoms with Gasteiger partial charge in [-0.25, -0.2) is 0 Å². The zero-order chi connectivity index (χ0) is 17.8. The van der Waals surface area contributed by atoms with Crippen LogP contribution < -0.4 is 0 Å². The first kappa shape index (κ1) is 20.4. The minimum Gasteiger partial charge on any atom is -0.408 e. The van der Waals surface area contributed by atoms with E-state index in [9.17, 15) is 5.11 Å². The molecule has 0 amide bonds. The van der Waals surface area contributed by atoms with Gasteiger partial charge in [-0.3, -0.25) is 0 Å². The molecule has 0 aromatic rings. The number of terminal acetylenes is 1. The van der Waals surface area contributed by atoms with Crippen molar-refractivity contribution in [1.29, 1.82) is 0 Å². The van der Waals surface area contributed by atoms with Crippen molar-refractivity contribution in [3.8, 4) is 12.3 Å². The third-order valence-electron chi connectivity index (χ3n) is 5.86. The van der Waals surface area contributed by atoms with Gasteiger partial charge in [0.25, 0.3) is 0 Å². The van der Waals surface area contributed by atoms with Gasteiger partial charge in [-0.15, -0.1) is 6.42 Å². The molecule has 0 bridgehead atoms. The van der Waals surface area contributed by atoms with Gasteiger partial charge in [0.05, 0.1) is 13.2 Å². The van der Waals surface area contributed by atoms with Crippen molar-refractivity contribution in [3.63, 3.8) is 0 Å². The molecule has 1 heterocycles. The van der Waals surface area contributed by atoms with E-state index in [0.717, 1.165) is 32.1 Å². The lowest BCUT2D eigenvalue weighted by Gasteiger charge is -2.50. The van der Waals surface area contributed by atoms with E-state index < -0.39 is 21.0 Å². The van der Waals surface area contributed by atoms with E-state index in [4.69, 9.17) is 10.8 Å². The smallest absolute Gasteiger partial charge is 0.175 e. The van der Waals surface area contributed by atoms with Gasteiger partial charge in [-0.05, 0) is 45.2 Å². The van der Waals surface area contributed by atoms with Gasteiger partial charge in [0.15, 0.2) is 7.83 Å². The minimum atomic E-state index is -1.50. The van der Waals surface area contributed by atoms with Crippen LogP contribution in [0.5, 0.6) is 0 Å². The lowest BCUT2D eigenvalue weighted by atomic mass is 9.86. The summed E-state index contributed by atoms with van der Waals surface area (Å²) < 4.78 is 6.34. The van der Waals surface area contributed by atoms with Crippen LogP contribution >= 0.6 is 0 Å². The van der Waals surface area contributed by atoms with Crippen molar-refractivity contribution >= 4 is 15.4 Å². The SMILES string of the molecule is C#CC1(O)CCCCC1.C=CC1(C=C)CC[Si](C)(C)[Si](C)(C)O1. The zero-order valence-electron chi connectivity index (χ0n) is 15.5. The van der Waals surface area contributed by atoms with Crippen molar-refractivity contribution < 1.29 is 9.53 Å². The summed E-state index contributed by atoms with van der Waals surface area (Å²) in [6.07, 6.45) is 15.1.